The number of morpholine rings is 1. The van der Waals surface area contributed by atoms with Crippen LogP contribution < -0.4 is 5.32 Å². The number of hydrogen-bond acceptors (Lipinski definition) is 3. The van der Waals surface area contributed by atoms with Gasteiger partial charge in [-0.05, 0) is 37.6 Å². The molecule has 1 aromatic rings. The summed E-state index contributed by atoms with van der Waals surface area (Å²) in [6.45, 7) is 2.54. The number of benzene rings is 1. The first-order chi connectivity index (χ1) is 9.70. The van der Waals surface area contributed by atoms with Gasteiger partial charge in [-0.1, -0.05) is 22.0 Å². The Balaban J connectivity index is 1.93. The standard InChI is InChI=1S/C15H20BrFN2O/c1-18-9-14-15(12-5-2-10(17)8-13(12)16)19(6-7-20-14)11-3-4-11/h2,5,8,11,14-15,18H,3-4,6-7,9H2,1H3. The summed E-state index contributed by atoms with van der Waals surface area (Å²) in [5.41, 5.74) is 1.12. The second-order valence-corrected chi connectivity index (χ2v) is 6.40. The predicted octanol–water partition coefficient (Wildman–Crippen LogP) is 2.71. The van der Waals surface area contributed by atoms with Crippen molar-refractivity contribution in [2.24, 2.45) is 0 Å². The summed E-state index contributed by atoms with van der Waals surface area (Å²) in [6, 6.07) is 5.83. The average Bonchev–Trinajstić information content (AvgIpc) is 3.24. The largest absolute Gasteiger partial charge is 0.374 e. The molecule has 0 bridgehead atoms. The van der Waals surface area contributed by atoms with E-state index < -0.39 is 0 Å². The van der Waals surface area contributed by atoms with Gasteiger partial charge in [0.15, 0.2) is 0 Å². The minimum Gasteiger partial charge on any atom is -0.374 e. The maximum Gasteiger partial charge on any atom is 0.124 e. The quantitative estimate of drug-likeness (QED) is 0.910. The normalized spacial score (nSPS) is 27.8. The molecular formula is C15H20BrFN2O. The topological polar surface area (TPSA) is 24.5 Å². The highest BCUT2D eigenvalue weighted by Crippen LogP contribution is 2.40. The van der Waals surface area contributed by atoms with Gasteiger partial charge in [-0.2, -0.15) is 0 Å². The van der Waals surface area contributed by atoms with Crippen LogP contribution in [0.25, 0.3) is 0 Å². The lowest BCUT2D eigenvalue weighted by atomic mass is 9.97. The lowest BCUT2D eigenvalue weighted by Crippen LogP contribution is -2.49. The molecule has 110 valence electrons. The molecule has 2 atom stereocenters. The zero-order valence-corrected chi connectivity index (χ0v) is 13.2. The van der Waals surface area contributed by atoms with Crippen LogP contribution in [0.2, 0.25) is 0 Å². The fourth-order valence-electron chi connectivity index (χ4n) is 3.06. The Hall–Kier alpha value is -0.490. The van der Waals surface area contributed by atoms with Gasteiger partial charge >= 0.3 is 0 Å². The number of nitrogens with zero attached hydrogens (tertiary/aromatic N) is 1. The minimum absolute atomic E-state index is 0.108. The van der Waals surface area contributed by atoms with E-state index in [1.54, 1.807) is 6.07 Å². The van der Waals surface area contributed by atoms with Crippen LogP contribution in [0.1, 0.15) is 24.4 Å². The zero-order valence-electron chi connectivity index (χ0n) is 11.6. The monoisotopic (exact) mass is 342 g/mol. The van der Waals surface area contributed by atoms with Crippen LogP contribution in [0.4, 0.5) is 4.39 Å². The van der Waals surface area contributed by atoms with E-state index in [0.29, 0.717) is 6.04 Å². The van der Waals surface area contributed by atoms with E-state index >= 15 is 0 Å². The predicted molar refractivity (Wildman–Crippen MR) is 80.2 cm³/mol. The third-order valence-corrected chi connectivity index (χ3v) is 4.78. The molecule has 3 rings (SSSR count). The van der Waals surface area contributed by atoms with Crippen LogP contribution in [0, 0.1) is 5.82 Å². The van der Waals surface area contributed by atoms with Crippen molar-refractivity contribution in [3.05, 3.63) is 34.1 Å². The van der Waals surface area contributed by atoms with Gasteiger partial charge in [0.05, 0.1) is 18.8 Å². The maximum atomic E-state index is 13.3. The molecule has 5 heteroatoms. The molecule has 2 fully saturated rings. The van der Waals surface area contributed by atoms with Crippen LogP contribution in [0.5, 0.6) is 0 Å². The Morgan fingerprint density at radius 3 is 2.90 bits per heavy atom. The molecule has 2 aliphatic rings. The summed E-state index contributed by atoms with van der Waals surface area (Å²) < 4.78 is 20.1. The number of hydrogen-bond donors (Lipinski definition) is 1. The summed E-state index contributed by atoms with van der Waals surface area (Å²) in [4.78, 5) is 2.53. The Morgan fingerprint density at radius 2 is 2.25 bits per heavy atom. The summed E-state index contributed by atoms with van der Waals surface area (Å²) in [5.74, 6) is -0.208. The van der Waals surface area contributed by atoms with Crippen molar-refractivity contribution in [1.82, 2.24) is 10.2 Å². The lowest BCUT2D eigenvalue weighted by molar-refractivity contribution is -0.0742. The molecule has 1 heterocycles. The molecule has 1 saturated heterocycles. The second-order valence-electron chi connectivity index (χ2n) is 5.55. The molecule has 0 radical (unpaired) electrons. The third-order valence-electron chi connectivity index (χ3n) is 4.09. The number of nitrogens with one attached hydrogen (secondary N) is 1. The van der Waals surface area contributed by atoms with Crippen molar-refractivity contribution in [3.8, 4) is 0 Å². The van der Waals surface area contributed by atoms with Gasteiger partial charge < -0.3 is 10.1 Å². The fraction of sp³-hybridized carbons (Fsp3) is 0.600. The Morgan fingerprint density at radius 1 is 1.45 bits per heavy atom. The summed E-state index contributed by atoms with van der Waals surface area (Å²) >= 11 is 3.52. The summed E-state index contributed by atoms with van der Waals surface area (Å²) in [5, 5.41) is 3.21. The Kier molecular flexibility index (Phi) is 4.40. The van der Waals surface area contributed by atoms with Crippen molar-refractivity contribution in [3.63, 3.8) is 0 Å². The van der Waals surface area contributed by atoms with Gasteiger partial charge in [0, 0.05) is 23.6 Å². The van der Waals surface area contributed by atoms with Crippen LogP contribution in [-0.2, 0) is 4.74 Å². The third kappa shape index (κ3) is 2.91. The van der Waals surface area contributed by atoms with Crippen molar-refractivity contribution in [2.45, 2.75) is 31.0 Å². The number of rotatable bonds is 4. The van der Waals surface area contributed by atoms with Crippen LogP contribution in [-0.4, -0.2) is 43.8 Å². The highest BCUT2D eigenvalue weighted by molar-refractivity contribution is 9.10. The van der Waals surface area contributed by atoms with Gasteiger partial charge in [-0.15, -0.1) is 0 Å². The second kappa shape index (κ2) is 6.10. The molecular weight excluding hydrogens is 323 g/mol. The first kappa shape index (κ1) is 14.4. The van der Waals surface area contributed by atoms with E-state index in [4.69, 9.17) is 4.74 Å². The first-order valence-electron chi connectivity index (χ1n) is 7.17. The van der Waals surface area contributed by atoms with E-state index in [0.717, 1.165) is 29.7 Å². The van der Waals surface area contributed by atoms with Gasteiger partial charge in [0.1, 0.15) is 5.82 Å². The Bertz CT molecular complexity index is 479. The molecule has 1 N–H and O–H groups in total. The molecule has 3 nitrogen and oxygen atoms in total. The van der Waals surface area contributed by atoms with Gasteiger partial charge in [0.25, 0.3) is 0 Å². The molecule has 0 spiro atoms. The smallest absolute Gasteiger partial charge is 0.124 e. The van der Waals surface area contributed by atoms with Crippen molar-refractivity contribution >= 4 is 15.9 Å². The molecule has 1 aliphatic carbocycles. The van der Waals surface area contributed by atoms with E-state index in [9.17, 15) is 4.39 Å². The first-order valence-corrected chi connectivity index (χ1v) is 7.97. The molecule has 0 aromatic heterocycles. The highest BCUT2D eigenvalue weighted by Gasteiger charge is 2.41. The van der Waals surface area contributed by atoms with E-state index in [1.165, 1.54) is 18.9 Å². The number of likely N-dealkylation sites (N-methyl/N-ethyl adjacent to an activating group) is 1. The SMILES string of the molecule is CNCC1OCCN(C2CC2)C1c1ccc(F)cc1Br. The van der Waals surface area contributed by atoms with Crippen LogP contribution in [0.15, 0.2) is 22.7 Å². The van der Waals surface area contributed by atoms with E-state index in [-0.39, 0.29) is 18.0 Å². The van der Waals surface area contributed by atoms with Gasteiger partial charge in [-0.3, -0.25) is 4.90 Å². The molecule has 1 aromatic carbocycles. The zero-order chi connectivity index (χ0) is 14.1. The molecule has 0 amide bonds. The average molecular weight is 343 g/mol. The fourth-order valence-corrected chi connectivity index (χ4v) is 3.65. The van der Waals surface area contributed by atoms with Crippen molar-refractivity contribution in [1.29, 1.82) is 0 Å². The van der Waals surface area contributed by atoms with E-state index in [1.807, 2.05) is 13.1 Å². The summed E-state index contributed by atoms with van der Waals surface area (Å²) in [6.07, 6.45) is 2.64. The van der Waals surface area contributed by atoms with E-state index in [2.05, 4.69) is 26.1 Å². The Labute approximate surface area is 127 Å². The molecule has 2 unspecified atom stereocenters. The van der Waals surface area contributed by atoms with Crippen LogP contribution >= 0.6 is 15.9 Å². The maximum absolute atomic E-state index is 13.3. The van der Waals surface area contributed by atoms with Crippen molar-refractivity contribution < 1.29 is 9.13 Å². The summed E-state index contributed by atoms with van der Waals surface area (Å²) in [7, 11) is 1.94. The minimum atomic E-state index is -0.208. The van der Waals surface area contributed by atoms with Gasteiger partial charge in [0.2, 0.25) is 0 Å². The van der Waals surface area contributed by atoms with Crippen LogP contribution in [0.3, 0.4) is 0 Å². The number of halogens is 2. The lowest BCUT2D eigenvalue weighted by Gasteiger charge is -2.42. The molecule has 1 saturated carbocycles. The molecule has 1 aliphatic heterocycles. The number of ether oxygens (including phenoxy) is 1. The molecule has 20 heavy (non-hydrogen) atoms. The van der Waals surface area contributed by atoms with Gasteiger partial charge in [-0.25, -0.2) is 4.39 Å². The highest BCUT2D eigenvalue weighted by atomic mass is 79.9. The van der Waals surface area contributed by atoms with Crippen molar-refractivity contribution in [2.75, 3.05) is 26.7 Å².